The first-order valence-electron chi connectivity index (χ1n) is 6.83. The average molecular weight is 322 g/mol. The van der Waals surface area contributed by atoms with Gasteiger partial charge < -0.3 is 9.47 Å². The molecule has 22 heavy (non-hydrogen) atoms. The van der Waals surface area contributed by atoms with Crippen LogP contribution in [-0.4, -0.2) is 54.6 Å². The highest BCUT2D eigenvalue weighted by atomic mass is 32.2. The Morgan fingerprint density at radius 2 is 2.05 bits per heavy atom. The third-order valence-electron chi connectivity index (χ3n) is 3.10. The number of hydrogen-bond donors (Lipinski definition) is 0. The molecule has 0 aromatic heterocycles. The molecule has 7 heteroatoms. The number of hydrogen-bond acceptors (Lipinski definition) is 6. The monoisotopic (exact) mass is 322 g/mol. The van der Waals surface area contributed by atoms with Gasteiger partial charge in [-0.3, -0.25) is 14.5 Å². The van der Waals surface area contributed by atoms with Gasteiger partial charge in [-0.05, 0) is 12.1 Å². The molecule has 6 nitrogen and oxygen atoms in total. The summed E-state index contributed by atoms with van der Waals surface area (Å²) in [7, 11) is 2.89. The molecule has 0 unspecified atom stereocenters. The highest BCUT2D eigenvalue weighted by Gasteiger charge is 2.39. The first kappa shape index (κ1) is 16.5. The maximum Gasteiger partial charge on any atom is 0.307 e. The molecule has 0 aliphatic carbocycles. The van der Waals surface area contributed by atoms with Crippen molar-refractivity contribution in [1.29, 1.82) is 0 Å². The van der Waals surface area contributed by atoms with Crippen LogP contribution in [-0.2, 0) is 19.1 Å². The summed E-state index contributed by atoms with van der Waals surface area (Å²) in [5.41, 5.74) is 0.763. The lowest BCUT2D eigenvalue weighted by molar-refractivity contribution is -0.142. The minimum atomic E-state index is -0.494. The Labute approximate surface area is 133 Å². The predicted molar refractivity (Wildman–Crippen MR) is 85.1 cm³/mol. The largest absolute Gasteiger partial charge is 0.469 e. The van der Waals surface area contributed by atoms with Crippen LogP contribution in [0.25, 0.3) is 0 Å². The van der Waals surface area contributed by atoms with Gasteiger partial charge in [-0.25, -0.2) is 4.99 Å². The van der Waals surface area contributed by atoms with Gasteiger partial charge in [-0.15, -0.1) is 0 Å². The lowest BCUT2D eigenvalue weighted by Crippen LogP contribution is -2.35. The lowest BCUT2D eigenvalue weighted by Gasteiger charge is -2.15. The van der Waals surface area contributed by atoms with E-state index in [0.717, 1.165) is 5.69 Å². The smallest absolute Gasteiger partial charge is 0.307 e. The number of rotatable bonds is 6. The predicted octanol–water partition coefficient (Wildman–Crippen LogP) is 1.83. The van der Waals surface area contributed by atoms with E-state index in [2.05, 4.69) is 9.73 Å². The number of para-hydroxylation sites is 1. The van der Waals surface area contributed by atoms with Crippen molar-refractivity contribution in [3.63, 3.8) is 0 Å². The van der Waals surface area contributed by atoms with Crippen molar-refractivity contribution >= 4 is 34.5 Å². The lowest BCUT2D eigenvalue weighted by atomic mass is 10.2. The standard InChI is InChI=1S/C15H18N2O4S/c1-20-9-8-17-14(19)12(10-13(18)21-2)22-15(17)16-11-6-4-3-5-7-11/h3-7,12H,8-10H2,1-2H3/t12-/m0/s1. The van der Waals surface area contributed by atoms with E-state index < -0.39 is 11.2 Å². The van der Waals surface area contributed by atoms with Gasteiger partial charge in [0, 0.05) is 7.11 Å². The summed E-state index contributed by atoms with van der Waals surface area (Å²) >= 11 is 1.29. The summed E-state index contributed by atoms with van der Waals surface area (Å²) in [5, 5.41) is 0.0916. The zero-order valence-electron chi connectivity index (χ0n) is 12.5. The third kappa shape index (κ3) is 4.08. The van der Waals surface area contributed by atoms with Gasteiger partial charge in [0.2, 0.25) is 5.91 Å². The highest BCUT2D eigenvalue weighted by Crippen LogP contribution is 2.31. The average Bonchev–Trinajstić information content (AvgIpc) is 2.81. The van der Waals surface area contributed by atoms with Crippen LogP contribution in [0.5, 0.6) is 0 Å². The van der Waals surface area contributed by atoms with Gasteiger partial charge in [0.25, 0.3) is 0 Å². The van der Waals surface area contributed by atoms with Gasteiger partial charge in [0.15, 0.2) is 5.17 Å². The number of methoxy groups -OCH3 is 2. The highest BCUT2D eigenvalue weighted by molar-refractivity contribution is 8.15. The summed E-state index contributed by atoms with van der Waals surface area (Å²) < 4.78 is 9.68. The number of carbonyl (C=O) groups excluding carboxylic acids is 2. The second-order valence-electron chi connectivity index (χ2n) is 4.60. The van der Waals surface area contributed by atoms with Crippen LogP contribution in [0.3, 0.4) is 0 Å². The fraction of sp³-hybridized carbons (Fsp3) is 0.400. The molecule has 0 saturated carbocycles. The number of carbonyl (C=O) groups is 2. The van der Waals surface area contributed by atoms with E-state index in [1.807, 2.05) is 30.3 Å². The Hall–Kier alpha value is -1.86. The molecule has 118 valence electrons. The molecule has 1 aromatic rings. The fourth-order valence-electron chi connectivity index (χ4n) is 1.96. The topological polar surface area (TPSA) is 68.2 Å². The number of ether oxygens (including phenoxy) is 2. The van der Waals surface area contributed by atoms with Crippen molar-refractivity contribution in [3.8, 4) is 0 Å². The molecule has 1 aliphatic heterocycles. The van der Waals surface area contributed by atoms with E-state index in [4.69, 9.17) is 4.74 Å². The molecule has 0 radical (unpaired) electrons. The van der Waals surface area contributed by atoms with Crippen LogP contribution < -0.4 is 0 Å². The number of thioether (sulfide) groups is 1. The van der Waals surface area contributed by atoms with Crippen molar-refractivity contribution in [3.05, 3.63) is 30.3 Å². The molecular weight excluding hydrogens is 304 g/mol. The van der Waals surface area contributed by atoms with Crippen LogP contribution in [0.4, 0.5) is 5.69 Å². The van der Waals surface area contributed by atoms with Gasteiger partial charge in [0.1, 0.15) is 5.25 Å². The van der Waals surface area contributed by atoms with E-state index in [1.165, 1.54) is 18.9 Å². The first-order valence-corrected chi connectivity index (χ1v) is 7.71. The number of amides is 1. The zero-order chi connectivity index (χ0) is 15.9. The van der Waals surface area contributed by atoms with Crippen LogP contribution in [0.15, 0.2) is 35.3 Å². The van der Waals surface area contributed by atoms with Crippen molar-refractivity contribution in [2.75, 3.05) is 27.4 Å². The number of amidine groups is 1. The molecule has 1 atom stereocenters. The third-order valence-corrected chi connectivity index (χ3v) is 4.28. The van der Waals surface area contributed by atoms with Crippen LogP contribution in [0.1, 0.15) is 6.42 Å². The Kier molecular flexibility index (Phi) is 5.97. The summed E-state index contributed by atoms with van der Waals surface area (Å²) in [4.78, 5) is 29.9. The number of nitrogens with zero attached hydrogens (tertiary/aromatic N) is 2. The second kappa shape index (κ2) is 7.95. The molecule has 1 fully saturated rings. The molecule has 2 rings (SSSR count). The van der Waals surface area contributed by atoms with Gasteiger partial charge in [-0.2, -0.15) is 0 Å². The molecule has 1 heterocycles. The quantitative estimate of drug-likeness (QED) is 0.747. The Morgan fingerprint density at radius 3 is 2.68 bits per heavy atom. The van der Waals surface area contributed by atoms with E-state index in [9.17, 15) is 9.59 Å². The Morgan fingerprint density at radius 1 is 1.32 bits per heavy atom. The molecule has 1 amide bonds. The van der Waals surface area contributed by atoms with E-state index in [0.29, 0.717) is 18.3 Å². The molecule has 1 saturated heterocycles. The van der Waals surface area contributed by atoms with Crippen LogP contribution in [0, 0.1) is 0 Å². The van der Waals surface area contributed by atoms with E-state index >= 15 is 0 Å². The molecule has 1 aromatic carbocycles. The number of aliphatic imine (C=N–C) groups is 1. The normalized spacial score (nSPS) is 19.7. The summed E-state index contributed by atoms with van der Waals surface area (Å²) in [6, 6.07) is 9.39. The fourth-order valence-corrected chi connectivity index (χ4v) is 3.13. The summed E-state index contributed by atoms with van der Waals surface area (Å²) in [5.74, 6) is -0.541. The minimum Gasteiger partial charge on any atom is -0.469 e. The van der Waals surface area contributed by atoms with Gasteiger partial charge >= 0.3 is 5.97 Å². The summed E-state index contributed by atoms with van der Waals surface area (Å²) in [6.07, 6.45) is 0.0390. The van der Waals surface area contributed by atoms with Crippen molar-refractivity contribution in [2.24, 2.45) is 4.99 Å². The van der Waals surface area contributed by atoms with Crippen LogP contribution in [0.2, 0.25) is 0 Å². The number of benzene rings is 1. The molecule has 0 spiro atoms. The van der Waals surface area contributed by atoms with E-state index in [1.54, 1.807) is 12.0 Å². The Balaban J connectivity index is 2.20. The molecule has 0 bridgehead atoms. The van der Waals surface area contributed by atoms with Crippen molar-refractivity contribution < 1.29 is 19.1 Å². The Bertz CT molecular complexity index is 562. The molecular formula is C15H18N2O4S. The summed E-state index contributed by atoms with van der Waals surface area (Å²) in [6.45, 7) is 0.816. The van der Waals surface area contributed by atoms with Crippen molar-refractivity contribution in [2.45, 2.75) is 11.7 Å². The zero-order valence-corrected chi connectivity index (χ0v) is 13.3. The van der Waals surface area contributed by atoms with E-state index in [-0.39, 0.29) is 12.3 Å². The minimum absolute atomic E-state index is 0.0390. The molecule has 1 aliphatic rings. The maximum atomic E-state index is 12.4. The van der Waals surface area contributed by atoms with Gasteiger partial charge in [0.05, 0.1) is 32.4 Å². The van der Waals surface area contributed by atoms with Gasteiger partial charge in [-0.1, -0.05) is 30.0 Å². The maximum absolute atomic E-state index is 12.4. The second-order valence-corrected chi connectivity index (χ2v) is 5.77. The van der Waals surface area contributed by atoms with Crippen molar-refractivity contribution in [1.82, 2.24) is 4.90 Å². The first-order chi connectivity index (χ1) is 10.7. The number of esters is 1. The van der Waals surface area contributed by atoms with Crippen LogP contribution >= 0.6 is 11.8 Å². The molecule has 0 N–H and O–H groups in total. The SMILES string of the molecule is COCCN1C(=O)[C@H](CC(=O)OC)SC1=Nc1ccccc1.